The number of hydrogen-bond acceptors (Lipinski definition) is 4. The van der Waals surface area contributed by atoms with Crippen molar-refractivity contribution < 1.29 is 21.9 Å². The topological polar surface area (TPSA) is 81.4 Å². The van der Waals surface area contributed by atoms with Crippen LogP contribution in [0.15, 0.2) is 17.0 Å². The van der Waals surface area contributed by atoms with Crippen molar-refractivity contribution in [1.82, 2.24) is 4.72 Å². The summed E-state index contributed by atoms with van der Waals surface area (Å²) in [6, 6.07) is 1.13. The summed E-state index contributed by atoms with van der Waals surface area (Å²) in [5.41, 5.74) is 4.63. The highest BCUT2D eigenvalue weighted by Gasteiger charge is 2.33. The molecular formula is C13H18F2N2O3S. The van der Waals surface area contributed by atoms with Crippen LogP contribution in [0, 0.1) is 11.6 Å². The number of anilines is 1. The monoisotopic (exact) mass is 320 g/mol. The Morgan fingerprint density at radius 3 is 2.43 bits per heavy atom. The SMILES string of the molecule is CC1(C)CC(NS(=O)(=O)c2c(F)cc(N)cc2F)CCO1. The zero-order valence-corrected chi connectivity index (χ0v) is 12.6. The molecule has 1 unspecified atom stereocenters. The number of nitrogen functional groups attached to an aromatic ring is 1. The molecule has 1 saturated heterocycles. The molecule has 0 radical (unpaired) electrons. The Morgan fingerprint density at radius 1 is 1.33 bits per heavy atom. The average molecular weight is 320 g/mol. The van der Waals surface area contributed by atoms with E-state index in [0.717, 1.165) is 12.1 Å². The van der Waals surface area contributed by atoms with E-state index in [2.05, 4.69) is 4.72 Å². The van der Waals surface area contributed by atoms with E-state index in [1.807, 2.05) is 13.8 Å². The van der Waals surface area contributed by atoms with Gasteiger partial charge in [0.15, 0.2) is 4.90 Å². The lowest BCUT2D eigenvalue weighted by molar-refractivity contribution is -0.0599. The Balaban J connectivity index is 2.27. The van der Waals surface area contributed by atoms with Gasteiger partial charge in [-0.1, -0.05) is 0 Å². The van der Waals surface area contributed by atoms with Crippen LogP contribution in [-0.2, 0) is 14.8 Å². The standard InChI is InChI=1S/C13H18F2N2O3S/c1-13(2)7-9(3-4-20-13)17-21(18,19)12-10(14)5-8(16)6-11(12)15/h5-6,9,17H,3-4,7,16H2,1-2H3. The summed E-state index contributed by atoms with van der Waals surface area (Å²) in [4.78, 5) is -0.999. The molecule has 8 heteroatoms. The number of rotatable bonds is 3. The van der Waals surface area contributed by atoms with Gasteiger partial charge >= 0.3 is 0 Å². The molecular weight excluding hydrogens is 302 g/mol. The lowest BCUT2D eigenvalue weighted by atomic mass is 9.95. The van der Waals surface area contributed by atoms with E-state index >= 15 is 0 Å². The summed E-state index contributed by atoms with van der Waals surface area (Å²) < 4.78 is 59.7. The van der Waals surface area contributed by atoms with E-state index in [4.69, 9.17) is 10.5 Å². The van der Waals surface area contributed by atoms with Gasteiger partial charge in [-0.25, -0.2) is 21.9 Å². The number of nitrogens with one attached hydrogen (secondary N) is 1. The van der Waals surface area contributed by atoms with Crippen LogP contribution in [0.5, 0.6) is 0 Å². The third-order valence-corrected chi connectivity index (χ3v) is 4.88. The van der Waals surface area contributed by atoms with Gasteiger partial charge in [0.05, 0.1) is 5.60 Å². The maximum Gasteiger partial charge on any atom is 0.246 e. The van der Waals surface area contributed by atoms with E-state index in [1.165, 1.54) is 0 Å². The molecule has 0 bridgehead atoms. The minimum atomic E-state index is -4.30. The smallest absolute Gasteiger partial charge is 0.246 e. The number of sulfonamides is 1. The van der Waals surface area contributed by atoms with Gasteiger partial charge in [0.1, 0.15) is 11.6 Å². The van der Waals surface area contributed by atoms with E-state index in [0.29, 0.717) is 19.4 Å². The summed E-state index contributed by atoms with van der Waals surface area (Å²) in [6.45, 7) is 4.04. The molecule has 118 valence electrons. The minimum Gasteiger partial charge on any atom is -0.399 e. The Kier molecular flexibility index (Phi) is 4.23. The van der Waals surface area contributed by atoms with Crippen molar-refractivity contribution >= 4 is 15.7 Å². The molecule has 1 atom stereocenters. The van der Waals surface area contributed by atoms with Crippen molar-refractivity contribution in [2.45, 2.75) is 43.2 Å². The molecule has 1 heterocycles. The van der Waals surface area contributed by atoms with Crippen LogP contribution in [0.4, 0.5) is 14.5 Å². The van der Waals surface area contributed by atoms with Crippen LogP contribution in [0.25, 0.3) is 0 Å². The Morgan fingerprint density at radius 2 is 1.90 bits per heavy atom. The molecule has 21 heavy (non-hydrogen) atoms. The molecule has 1 aromatic carbocycles. The predicted molar refractivity (Wildman–Crippen MR) is 74.1 cm³/mol. The Hall–Kier alpha value is -1.25. The van der Waals surface area contributed by atoms with Gasteiger partial charge < -0.3 is 10.5 Å². The molecule has 3 N–H and O–H groups in total. The summed E-state index contributed by atoms with van der Waals surface area (Å²) in [6.07, 6.45) is 0.866. The van der Waals surface area contributed by atoms with Crippen molar-refractivity contribution in [1.29, 1.82) is 0 Å². The fraction of sp³-hybridized carbons (Fsp3) is 0.538. The highest BCUT2D eigenvalue weighted by Crippen LogP contribution is 2.27. The molecule has 0 aliphatic carbocycles. The van der Waals surface area contributed by atoms with E-state index in [-0.39, 0.29) is 5.69 Å². The van der Waals surface area contributed by atoms with Crippen molar-refractivity contribution in [2.75, 3.05) is 12.3 Å². The second kappa shape index (κ2) is 5.51. The van der Waals surface area contributed by atoms with Crippen molar-refractivity contribution in [3.63, 3.8) is 0 Å². The van der Waals surface area contributed by atoms with E-state index < -0.39 is 38.2 Å². The third-order valence-electron chi connectivity index (χ3n) is 3.31. The molecule has 1 aliphatic heterocycles. The fourth-order valence-corrected chi connectivity index (χ4v) is 3.84. The van der Waals surface area contributed by atoms with Gasteiger partial charge in [-0.2, -0.15) is 0 Å². The zero-order valence-electron chi connectivity index (χ0n) is 11.8. The van der Waals surface area contributed by atoms with Gasteiger partial charge in [0, 0.05) is 18.3 Å². The Bertz CT molecular complexity index is 624. The highest BCUT2D eigenvalue weighted by molar-refractivity contribution is 7.89. The first-order valence-corrected chi connectivity index (χ1v) is 8.00. The van der Waals surface area contributed by atoms with Crippen molar-refractivity contribution in [2.24, 2.45) is 0 Å². The van der Waals surface area contributed by atoms with Gasteiger partial charge in [0.25, 0.3) is 0 Å². The van der Waals surface area contributed by atoms with Crippen LogP contribution >= 0.6 is 0 Å². The molecule has 0 amide bonds. The summed E-state index contributed by atoms with van der Waals surface area (Å²) in [5, 5.41) is 0. The third kappa shape index (κ3) is 3.69. The van der Waals surface area contributed by atoms with Gasteiger partial charge in [-0.15, -0.1) is 0 Å². The van der Waals surface area contributed by atoms with Crippen molar-refractivity contribution in [3.05, 3.63) is 23.8 Å². The molecule has 1 aliphatic rings. The largest absolute Gasteiger partial charge is 0.399 e. The number of ether oxygens (including phenoxy) is 1. The van der Waals surface area contributed by atoms with E-state index in [9.17, 15) is 17.2 Å². The second-order valence-electron chi connectivity index (χ2n) is 5.73. The number of nitrogens with two attached hydrogens (primary N) is 1. The van der Waals surface area contributed by atoms with Crippen LogP contribution in [0.1, 0.15) is 26.7 Å². The van der Waals surface area contributed by atoms with Gasteiger partial charge in [-0.05, 0) is 38.8 Å². The molecule has 0 saturated carbocycles. The van der Waals surface area contributed by atoms with Crippen LogP contribution in [0.2, 0.25) is 0 Å². The molecule has 1 aromatic rings. The van der Waals surface area contributed by atoms with Crippen LogP contribution in [0.3, 0.4) is 0 Å². The quantitative estimate of drug-likeness (QED) is 0.832. The molecule has 5 nitrogen and oxygen atoms in total. The summed E-state index contributed by atoms with van der Waals surface area (Å²) in [7, 11) is -4.30. The normalized spacial score (nSPS) is 22.2. The maximum atomic E-state index is 13.7. The first-order chi connectivity index (χ1) is 9.61. The molecule has 1 fully saturated rings. The van der Waals surface area contributed by atoms with Crippen LogP contribution < -0.4 is 10.5 Å². The van der Waals surface area contributed by atoms with Gasteiger partial charge in [0.2, 0.25) is 10.0 Å². The minimum absolute atomic E-state index is 0.170. The molecule has 0 spiro atoms. The van der Waals surface area contributed by atoms with Crippen LogP contribution in [-0.4, -0.2) is 26.7 Å². The lowest BCUT2D eigenvalue weighted by Gasteiger charge is -2.35. The molecule has 2 rings (SSSR count). The first kappa shape index (κ1) is 16.1. The first-order valence-electron chi connectivity index (χ1n) is 6.51. The zero-order chi connectivity index (χ0) is 15.8. The van der Waals surface area contributed by atoms with E-state index in [1.54, 1.807) is 0 Å². The number of halogens is 2. The lowest BCUT2D eigenvalue weighted by Crippen LogP contribution is -2.46. The highest BCUT2D eigenvalue weighted by atomic mass is 32.2. The van der Waals surface area contributed by atoms with Crippen molar-refractivity contribution in [3.8, 4) is 0 Å². The Labute approximate surface area is 122 Å². The second-order valence-corrected chi connectivity index (χ2v) is 7.38. The molecule has 0 aromatic heterocycles. The summed E-state index contributed by atoms with van der Waals surface area (Å²) >= 11 is 0. The predicted octanol–water partition coefficient (Wildman–Crippen LogP) is 1.78. The average Bonchev–Trinajstić information content (AvgIpc) is 2.23. The fourth-order valence-electron chi connectivity index (χ4n) is 2.45. The van der Waals surface area contributed by atoms with Gasteiger partial charge in [-0.3, -0.25) is 0 Å². The maximum absolute atomic E-state index is 13.7. The number of benzene rings is 1. The number of hydrogen-bond donors (Lipinski definition) is 2. The summed E-state index contributed by atoms with van der Waals surface area (Å²) in [5.74, 6) is -2.40.